The monoisotopic (exact) mass is 468 g/mol. The first-order valence-electron chi connectivity index (χ1n) is 11.3. The van der Waals surface area contributed by atoms with Gasteiger partial charge in [-0.2, -0.15) is 10.4 Å². The van der Waals surface area contributed by atoms with E-state index in [9.17, 15) is 10.1 Å². The molecule has 0 radical (unpaired) electrons. The SMILES string of the molecule is CC(C)NC(=O)c1cnc(N2C=CCC(CC#N)(n3cc(-c4ncnc5[nH]ccc45)cn3)C2)cn1. The Balaban J connectivity index is 1.43. The fraction of sp³-hybridized carbons (Fsp3) is 0.292. The molecule has 1 atom stereocenters. The Morgan fingerprint density at radius 3 is 2.91 bits per heavy atom. The molecule has 11 nitrogen and oxygen atoms in total. The highest BCUT2D eigenvalue weighted by Crippen LogP contribution is 2.34. The molecule has 11 heteroatoms. The van der Waals surface area contributed by atoms with Crippen LogP contribution in [0.3, 0.4) is 0 Å². The quantitative estimate of drug-likeness (QED) is 0.440. The third-order valence-electron chi connectivity index (χ3n) is 5.94. The molecule has 0 saturated carbocycles. The largest absolute Gasteiger partial charge is 0.348 e. The summed E-state index contributed by atoms with van der Waals surface area (Å²) in [6, 6.07) is 4.27. The zero-order valence-electron chi connectivity index (χ0n) is 19.4. The average Bonchev–Trinajstić information content (AvgIpc) is 3.54. The van der Waals surface area contributed by atoms with Gasteiger partial charge in [-0.1, -0.05) is 6.08 Å². The topological polar surface area (TPSA) is 141 Å². The van der Waals surface area contributed by atoms with Crippen molar-refractivity contribution < 1.29 is 4.79 Å². The fourth-order valence-corrected chi connectivity index (χ4v) is 4.24. The molecule has 0 aromatic carbocycles. The van der Waals surface area contributed by atoms with Crippen molar-refractivity contribution in [2.24, 2.45) is 0 Å². The fourth-order valence-electron chi connectivity index (χ4n) is 4.24. The van der Waals surface area contributed by atoms with Crippen molar-refractivity contribution in [3.05, 3.63) is 61.3 Å². The molecule has 5 heterocycles. The van der Waals surface area contributed by atoms with E-state index >= 15 is 0 Å². The molecule has 5 rings (SSSR count). The normalized spacial score (nSPS) is 17.6. The van der Waals surface area contributed by atoms with Crippen molar-refractivity contribution in [1.82, 2.24) is 40.0 Å². The highest BCUT2D eigenvalue weighted by Gasteiger charge is 2.37. The zero-order valence-corrected chi connectivity index (χ0v) is 19.4. The number of amides is 1. The van der Waals surface area contributed by atoms with Crippen LogP contribution in [0.2, 0.25) is 0 Å². The van der Waals surface area contributed by atoms with Gasteiger partial charge in [-0.05, 0) is 26.3 Å². The van der Waals surface area contributed by atoms with E-state index in [1.54, 1.807) is 12.4 Å². The van der Waals surface area contributed by atoms with E-state index in [0.29, 0.717) is 18.8 Å². The van der Waals surface area contributed by atoms with E-state index < -0.39 is 5.54 Å². The van der Waals surface area contributed by atoms with E-state index in [0.717, 1.165) is 22.3 Å². The Morgan fingerprint density at radius 1 is 1.26 bits per heavy atom. The standard InChI is InChI=1S/C24H24N10O/c1-16(2)32-23(35)19-11-28-20(12-27-19)33-9-3-5-24(14-33,6-7-25)34-13-17(10-31-34)21-18-4-8-26-22(18)30-15-29-21/h3-4,8-13,15-16H,5-6,14H2,1-2H3,(H,32,35)(H,26,29,30). The summed E-state index contributed by atoms with van der Waals surface area (Å²) in [5, 5.41) is 18.0. The summed E-state index contributed by atoms with van der Waals surface area (Å²) in [7, 11) is 0. The zero-order chi connectivity index (χ0) is 24.4. The first-order valence-corrected chi connectivity index (χ1v) is 11.3. The van der Waals surface area contributed by atoms with Gasteiger partial charge in [0.2, 0.25) is 0 Å². The highest BCUT2D eigenvalue weighted by atomic mass is 16.1. The van der Waals surface area contributed by atoms with E-state index in [-0.39, 0.29) is 24.1 Å². The van der Waals surface area contributed by atoms with E-state index in [1.165, 1.54) is 12.5 Å². The highest BCUT2D eigenvalue weighted by molar-refractivity contribution is 5.92. The molecule has 0 saturated heterocycles. The first kappa shape index (κ1) is 22.2. The molecule has 0 spiro atoms. The molecule has 35 heavy (non-hydrogen) atoms. The molecule has 0 bridgehead atoms. The van der Waals surface area contributed by atoms with Crippen LogP contribution in [0.1, 0.15) is 37.2 Å². The minimum atomic E-state index is -0.610. The number of nitriles is 1. The Hall–Kier alpha value is -4.59. The van der Waals surface area contributed by atoms with Crippen LogP contribution in [0.15, 0.2) is 55.7 Å². The van der Waals surface area contributed by atoms with Gasteiger partial charge in [0.05, 0.1) is 48.9 Å². The van der Waals surface area contributed by atoms with Gasteiger partial charge >= 0.3 is 0 Å². The number of nitrogens with zero attached hydrogens (tertiary/aromatic N) is 8. The number of carbonyl (C=O) groups excluding carboxylic acids is 1. The number of anilines is 1. The number of fused-ring (bicyclic) bond motifs is 1. The van der Waals surface area contributed by atoms with Gasteiger partial charge < -0.3 is 15.2 Å². The molecule has 176 valence electrons. The minimum absolute atomic E-state index is 0.00950. The molecule has 1 unspecified atom stereocenters. The summed E-state index contributed by atoms with van der Waals surface area (Å²) in [6.07, 6.45) is 14.9. The molecule has 1 aliphatic rings. The van der Waals surface area contributed by atoms with Crippen molar-refractivity contribution in [2.75, 3.05) is 11.4 Å². The van der Waals surface area contributed by atoms with Crippen LogP contribution in [-0.4, -0.2) is 53.2 Å². The van der Waals surface area contributed by atoms with Crippen LogP contribution in [-0.2, 0) is 5.54 Å². The molecule has 0 fully saturated rings. The Labute approximate surface area is 201 Å². The number of aromatic amines is 1. The van der Waals surface area contributed by atoms with Crippen LogP contribution in [0.4, 0.5) is 5.82 Å². The second-order valence-corrected chi connectivity index (χ2v) is 8.80. The molecular weight excluding hydrogens is 444 g/mol. The molecule has 1 aliphatic heterocycles. The van der Waals surface area contributed by atoms with Crippen molar-refractivity contribution >= 4 is 22.8 Å². The van der Waals surface area contributed by atoms with Gasteiger partial charge in [0, 0.05) is 35.6 Å². The van der Waals surface area contributed by atoms with Gasteiger partial charge in [0.15, 0.2) is 5.82 Å². The summed E-state index contributed by atoms with van der Waals surface area (Å²) >= 11 is 0. The maximum Gasteiger partial charge on any atom is 0.271 e. The summed E-state index contributed by atoms with van der Waals surface area (Å²) in [5.74, 6) is 0.318. The number of hydrogen-bond acceptors (Lipinski definition) is 8. The summed E-state index contributed by atoms with van der Waals surface area (Å²) in [4.78, 5) is 34.7. The van der Waals surface area contributed by atoms with Crippen LogP contribution in [0.5, 0.6) is 0 Å². The lowest BCUT2D eigenvalue weighted by Crippen LogP contribution is -2.46. The molecular formula is C24H24N10O. The predicted octanol–water partition coefficient (Wildman–Crippen LogP) is 2.78. The third kappa shape index (κ3) is 4.21. The van der Waals surface area contributed by atoms with Gasteiger partial charge in [-0.3, -0.25) is 9.48 Å². The van der Waals surface area contributed by atoms with Crippen LogP contribution in [0.25, 0.3) is 22.3 Å². The lowest BCUT2D eigenvalue weighted by atomic mass is 9.89. The van der Waals surface area contributed by atoms with Crippen molar-refractivity contribution in [3.63, 3.8) is 0 Å². The van der Waals surface area contributed by atoms with Crippen LogP contribution in [0, 0.1) is 11.3 Å². The second-order valence-electron chi connectivity index (χ2n) is 8.80. The van der Waals surface area contributed by atoms with Gasteiger partial charge in [0.1, 0.15) is 17.7 Å². The molecule has 2 N–H and O–H groups in total. The van der Waals surface area contributed by atoms with Gasteiger partial charge in [-0.25, -0.2) is 19.9 Å². The van der Waals surface area contributed by atoms with Crippen LogP contribution < -0.4 is 10.2 Å². The van der Waals surface area contributed by atoms with Gasteiger partial charge in [0.25, 0.3) is 5.91 Å². The van der Waals surface area contributed by atoms with Crippen molar-refractivity contribution in [3.8, 4) is 17.3 Å². The Morgan fingerprint density at radius 2 is 2.14 bits per heavy atom. The maximum atomic E-state index is 12.2. The summed E-state index contributed by atoms with van der Waals surface area (Å²) < 4.78 is 1.85. The van der Waals surface area contributed by atoms with E-state index in [2.05, 4.69) is 41.4 Å². The van der Waals surface area contributed by atoms with Crippen LogP contribution >= 0.6 is 0 Å². The number of allylic oxidation sites excluding steroid dienone is 1. The number of rotatable bonds is 6. The summed E-state index contributed by atoms with van der Waals surface area (Å²) in [5.41, 5.74) is 2.02. The minimum Gasteiger partial charge on any atom is -0.348 e. The van der Waals surface area contributed by atoms with E-state index in [4.69, 9.17) is 0 Å². The number of nitrogens with one attached hydrogen (secondary N) is 2. The smallest absolute Gasteiger partial charge is 0.271 e. The Bertz CT molecular complexity index is 1430. The predicted molar refractivity (Wildman–Crippen MR) is 129 cm³/mol. The molecule has 4 aromatic rings. The number of carbonyl (C=O) groups is 1. The first-order chi connectivity index (χ1) is 17.0. The molecule has 1 amide bonds. The molecule has 0 aliphatic carbocycles. The number of H-pyrrole nitrogens is 1. The number of hydrogen-bond donors (Lipinski definition) is 2. The average molecular weight is 469 g/mol. The summed E-state index contributed by atoms with van der Waals surface area (Å²) in [6.45, 7) is 4.24. The van der Waals surface area contributed by atoms with E-state index in [1.807, 2.05) is 54.2 Å². The lowest BCUT2D eigenvalue weighted by molar-refractivity contribution is 0.0937. The third-order valence-corrected chi connectivity index (χ3v) is 5.94. The second kappa shape index (κ2) is 8.98. The van der Waals surface area contributed by atoms with Gasteiger partial charge in [-0.15, -0.1) is 0 Å². The molecule has 4 aromatic heterocycles. The van der Waals surface area contributed by atoms with Crippen molar-refractivity contribution in [1.29, 1.82) is 5.26 Å². The maximum absolute atomic E-state index is 12.2. The lowest BCUT2D eigenvalue weighted by Gasteiger charge is -2.38. The number of aromatic nitrogens is 7. The Kier molecular flexibility index (Phi) is 5.70. The van der Waals surface area contributed by atoms with Crippen molar-refractivity contribution in [2.45, 2.75) is 38.3 Å².